The van der Waals surface area contributed by atoms with Crippen LogP contribution in [0.15, 0.2) is 64.2 Å². The van der Waals surface area contributed by atoms with Crippen molar-refractivity contribution in [2.75, 3.05) is 5.32 Å². The number of carbonyl (C=O) groups is 1. The number of carbonyl (C=O) groups excluding carboxylic acids is 1. The minimum Gasteiger partial charge on any atom is -0.416 e. The van der Waals surface area contributed by atoms with E-state index >= 15 is 0 Å². The van der Waals surface area contributed by atoms with Gasteiger partial charge in [-0.15, -0.1) is 10.2 Å². The van der Waals surface area contributed by atoms with Crippen molar-refractivity contribution in [2.45, 2.75) is 37.2 Å². The molecule has 1 heterocycles. The predicted molar refractivity (Wildman–Crippen MR) is 103 cm³/mol. The van der Waals surface area contributed by atoms with Gasteiger partial charge in [-0.1, -0.05) is 61.2 Å². The molecule has 0 fully saturated rings. The number of aryl methyl sites for hydroxylation is 1. The largest absolute Gasteiger partial charge is 0.416 e. The molecule has 2 aromatic carbocycles. The standard InChI is InChI=1S/C20H21N3O2S/c1-3-15-9-11-17(12-10-15)21-19(24)14(2)26-20-23-22-18(25-20)13-16-7-5-4-6-8-16/h4-12,14H,3,13H2,1-2H3,(H,21,24)/t14-/m0/s1. The van der Waals surface area contributed by atoms with Crippen molar-refractivity contribution in [1.29, 1.82) is 0 Å². The van der Waals surface area contributed by atoms with Crippen molar-refractivity contribution in [1.82, 2.24) is 10.2 Å². The molecule has 0 aliphatic heterocycles. The smallest absolute Gasteiger partial charge is 0.277 e. The van der Waals surface area contributed by atoms with E-state index in [4.69, 9.17) is 4.42 Å². The van der Waals surface area contributed by atoms with Crippen molar-refractivity contribution < 1.29 is 9.21 Å². The normalized spacial score (nSPS) is 11.9. The second-order valence-electron chi connectivity index (χ2n) is 5.92. The van der Waals surface area contributed by atoms with E-state index in [1.54, 1.807) is 0 Å². The Labute approximate surface area is 157 Å². The fourth-order valence-electron chi connectivity index (χ4n) is 2.40. The molecule has 0 saturated heterocycles. The molecular weight excluding hydrogens is 346 g/mol. The lowest BCUT2D eigenvalue weighted by atomic mass is 10.1. The van der Waals surface area contributed by atoms with Crippen LogP contribution >= 0.6 is 11.8 Å². The average molecular weight is 367 g/mol. The fourth-order valence-corrected chi connectivity index (χ4v) is 3.10. The molecule has 3 rings (SSSR count). The highest BCUT2D eigenvalue weighted by atomic mass is 32.2. The molecule has 1 aromatic heterocycles. The summed E-state index contributed by atoms with van der Waals surface area (Å²) in [4.78, 5) is 12.3. The predicted octanol–water partition coefficient (Wildman–Crippen LogP) is 4.34. The zero-order chi connectivity index (χ0) is 18.4. The van der Waals surface area contributed by atoms with E-state index in [9.17, 15) is 4.79 Å². The molecule has 1 N–H and O–H groups in total. The van der Waals surface area contributed by atoms with Crippen molar-refractivity contribution in [3.8, 4) is 0 Å². The van der Waals surface area contributed by atoms with Gasteiger partial charge < -0.3 is 9.73 Å². The van der Waals surface area contributed by atoms with Gasteiger partial charge in [-0.25, -0.2) is 0 Å². The SMILES string of the molecule is CCc1ccc(NC(=O)[C@H](C)Sc2nnc(Cc3ccccc3)o2)cc1. The van der Waals surface area contributed by atoms with Crippen LogP contribution in [0.5, 0.6) is 0 Å². The second-order valence-corrected chi connectivity index (χ2v) is 7.22. The summed E-state index contributed by atoms with van der Waals surface area (Å²) >= 11 is 1.26. The van der Waals surface area contributed by atoms with Gasteiger partial charge in [-0.05, 0) is 36.6 Å². The van der Waals surface area contributed by atoms with Crippen LogP contribution in [0.25, 0.3) is 0 Å². The Bertz CT molecular complexity index is 847. The van der Waals surface area contributed by atoms with E-state index in [2.05, 4.69) is 22.4 Å². The van der Waals surface area contributed by atoms with E-state index in [0.717, 1.165) is 17.7 Å². The highest BCUT2D eigenvalue weighted by molar-refractivity contribution is 8.00. The number of benzene rings is 2. The molecule has 134 valence electrons. The number of hydrogen-bond acceptors (Lipinski definition) is 5. The fraction of sp³-hybridized carbons (Fsp3) is 0.250. The molecule has 3 aromatic rings. The number of hydrogen-bond donors (Lipinski definition) is 1. The van der Waals surface area contributed by atoms with Crippen LogP contribution in [0.2, 0.25) is 0 Å². The van der Waals surface area contributed by atoms with Gasteiger partial charge in [0, 0.05) is 5.69 Å². The molecule has 26 heavy (non-hydrogen) atoms. The van der Waals surface area contributed by atoms with Crippen molar-refractivity contribution >= 4 is 23.4 Å². The number of rotatable bonds is 7. The first kappa shape index (κ1) is 18.2. The zero-order valence-corrected chi connectivity index (χ0v) is 15.6. The molecule has 1 amide bonds. The Morgan fingerprint density at radius 1 is 1.08 bits per heavy atom. The van der Waals surface area contributed by atoms with E-state index in [1.165, 1.54) is 17.3 Å². The monoisotopic (exact) mass is 367 g/mol. The summed E-state index contributed by atoms with van der Waals surface area (Å²) < 4.78 is 5.65. The molecule has 0 aliphatic carbocycles. The first-order valence-corrected chi connectivity index (χ1v) is 9.44. The Hall–Kier alpha value is -2.60. The van der Waals surface area contributed by atoms with Gasteiger partial charge in [0.25, 0.3) is 5.22 Å². The minimum absolute atomic E-state index is 0.0953. The number of thioether (sulfide) groups is 1. The lowest BCUT2D eigenvalue weighted by Gasteiger charge is -2.10. The third kappa shape index (κ3) is 4.95. The van der Waals surface area contributed by atoms with Crippen LogP contribution in [0.4, 0.5) is 5.69 Å². The summed E-state index contributed by atoms with van der Waals surface area (Å²) in [6.45, 7) is 3.92. The van der Waals surface area contributed by atoms with E-state index in [1.807, 2.05) is 61.5 Å². The van der Waals surface area contributed by atoms with Gasteiger partial charge in [0.1, 0.15) is 0 Å². The third-order valence-corrected chi connectivity index (χ3v) is 4.86. The highest BCUT2D eigenvalue weighted by Gasteiger charge is 2.18. The number of anilines is 1. The molecule has 6 heteroatoms. The third-order valence-electron chi connectivity index (χ3n) is 3.92. The van der Waals surface area contributed by atoms with Gasteiger partial charge >= 0.3 is 0 Å². The van der Waals surface area contributed by atoms with Crippen molar-refractivity contribution in [3.63, 3.8) is 0 Å². The molecular formula is C20H21N3O2S. The summed E-state index contributed by atoms with van der Waals surface area (Å²) in [5.41, 5.74) is 3.13. The Balaban J connectivity index is 1.55. The number of aromatic nitrogens is 2. The first-order chi connectivity index (χ1) is 12.6. The van der Waals surface area contributed by atoms with Crippen LogP contribution < -0.4 is 5.32 Å². The van der Waals surface area contributed by atoms with Gasteiger partial charge in [-0.3, -0.25) is 4.79 Å². The van der Waals surface area contributed by atoms with Crippen molar-refractivity contribution in [2.24, 2.45) is 0 Å². The molecule has 0 bridgehead atoms. The first-order valence-electron chi connectivity index (χ1n) is 8.57. The number of nitrogens with one attached hydrogen (secondary N) is 1. The van der Waals surface area contributed by atoms with E-state index < -0.39 is 0 Å². The van der Waals surface area contributed by atoms with Gasteiger partial charge in [0.15, 0.2) is 0 Å². The summed E-state index contributed by atoms with van der Waals surface area (Å²) in [6, 6.07) is 17.8. The second kappa shape index (κ2) is 8.67. The molecule has 1 atom stereocenters. The maximum absolute atomic E-state index is 12.3. The lowest BCUT2D eigenvalue weighted by Crippen LogP contribution is -2.22. The molecule has 0 aliphatic rings. The van der Waals surface area contributed by atoms with Crippen LogP contribution in [-0.2, 0) is 17.6 Å². The number of amides is 1. The van der Waals surface area contributed by atoms with E-state index in [-0.39, 0.29) is 11.2 Å². The van der Waals surface area contributed by atoms with Gasteiger partial charge in [0.05, 0.1) is 11.7 Å². The van der Waals surface area contributed by atoms with Crippen LogP contribution in [-0.4, -0.2) is 21.4 Å². The molecule has 0 spiro atoms. The summed E-state index contributed by atoms with van der Waals surface area (Å²) in [5, 5.41) is 11.1. The van der Waals surface area contributed by atoms with Crippen LogP contribution in [0.3, 0.4) is 0 Å². The Morgan fingerprint density at radius 3 is 2.50 bits per heavy atom. The molecule has 0 unspecified atom stereocenters. The van der Waals surface area contributed by atoms with Crippen LogP contribution in [0, 0.1) is 0 Å². The molecule has 0 radical (unpaired) electrons. The Morgan fingerprint density at radius 2 is 1.81 bits per heavy atom. The zero-order valence-electron chi connectivity index (χ0n) is 14.8. The highest BCUT2D eigenvalue weighted by Crippen LogP contribution is 2.24. The van der Waals surface area contributed by atoms with Crippen molar-refractivity contribution in [3.05, 3.63) is 71.6 Å². The lowest BCUT2D eigenvalue weighted by molar-refractivity contribution is -0.115. The van der Waals surface area contributed by atoms with E-state index in [0.29, 0.717) is 17.5 Å². The number of nitrogens with zero attached hydrogens (tertiary/aromatic N) is 2. The maximum atomic E-state index is 12.3. The Kier molecular flexibility index (Phi) is 6.07. The summed E-state index contributed by atoms with van der Waals surface area (Å²) in [7, 11) is 0. The topological polar surface area (TPSA) is 68.0 Å². The molecule has 0 saturated carbocycles. The van der Waals surface area contributed by atoms with Gasteiger partial charge in [0.2, 0.25) is 11.8 Å². The summed E-state index contributed by atoms with van der Waals surface area (Å²) in [6.07, 6.45) is 1.56. The average Bonchev–Trinajstić information content (AvgIpc) is 3.10. The van der Waals surface area contributed by atoms with Crippen LogP contribution in [0.1, 0.15) is 30.9 Å². The molecule has 5 nitrogen and oxygen atoms in total. The maximum Gasteiger partial charge on any atom is 0.277 e. The minimum atomic E-state index is -0.342. The summed E-state index contributed by atoms with van der Waals surface area (Å²) in [5.74, 6) is 0.448. The quantitative estimate of drug-likeness (QED) is 0.629. The van der Waals surface area contributed by atoms with Gasteiger partial charge in [-0.2, -0.15) is 0 Å².